The molecule has 1 saturated carbocycles. The number of carbonyl (C=O) groups excluding carboxylic acids is 1. The van der Waals surface area contributed by atoms with Crippen LogP contribution in [0, 0.1) is 0 Å². The fraction of sp³-hybridized carbons (Fsp3) is 0.333. The number of hydrogen-bond acceptors (Lipinski definition) is 6. The van der Waals surface area contributed by atoms with Crippen molar-refractivity contribution in [3.63, 3.8) is 0 Å². The number of aromatic nitrogens is 3. The standard InChI is InChI=1S/C21H21N5O2/c27-21(18-14-19(28-24-18)16-4-2-1-3-5-16)26-12-10-25(11-13-26)20-9-8-17(22-23-20)15-6-7-15/h1-5,8-9,14-15H,6-7,10-13H2. The van der Waals surface area contributed by atoms with Crippen LogP contribution in [0.5, 0.6) is 0 Å². The van der Waals surface area contributed by atoms with Crippen molar-refractivity contribution in [1.82, 2.24) is 20.3 Å². The molecule has 3 heterocycles. The predicted octanol–water partition coefficient (Wildman–Crippen LogP) is 2.97. The van der Waals surface area contributed by atoms with E-state index < -0.39 is 0 Å². The molecule has 2 fully saturated rings. The predicted molar refractivity (Wildman–Crippen MR) is 104 cm³/mol. The molecule has 1 amide bonds. The van der Waals surface area contributed by atoms with Gasteiger partial charge in [-0.25, -0.2) is 0 Å². The molecule has 28 heavy (non-hydrogen) atoms. The summed E-state index contributed by atoms with van der Waals surface area (Å²) >= 11 is 0. The molecule has 1 aliphatic carbocycles. The third-order valence-electron chi connectivity index (χ3n) is 5.35. The zero-order chi connectivity index (χ0) is 18.9. The lowest BCUT2D eigenvalue weighted by Crippen LogP contribution is -2.49. The van der Waals surface area contributed by atoms with E-state index in [4.69, 9.17) is 4.52 Å². The lowest BCUT2D eigenvalue weighted by Gasteiger charge is -2.34. The summed E-state index contributed by atoms with van der Waals surface area (Å²) in [7, 11) is 0. The van der Waals surface area contributed by atoms with Gasteiger partial charge < -0.3 is 14.3 Å². The first-order valence-corrected chi connectivity index (χ1v) is 9.68. The minimum atomic E-state index is -0.0965. The van der Waals surface area contributed by atoms with Crippen molar-refractivity contribution in [2.45, 2.75) is 18.8 Å². The van der Waals surface area contributed by atoms with Gasteiger partial charge in [-0.05, 0) is 25.0 Å². The second-order valence-electron chi connectivity index (χ2n) is 7.31. The molecule has 0 atom stereocenters. The number of carbonyl (C=O) groups is 1. The van der Waals surface area contributed by atoms with Crippen molar-refractivity contribution in [2.75, 3.05) is 31.1 Å². The van der Waals surface area contributed by atoms with E-state index in [0.717, 1.165) is 30.2 Å². The van der Waals surface area contributed by atoms with E-state index in [2.05, 4.69) is 26.3 Å². The monoisotopic (exact) mass is 375 g/mol. The van der Waals surface area contributed by atoms with E-state index in [1.807, 2.05) is 41.3 Å². The molecule has 0 spiro atoms. The van der Waals surface area contributed by atoms with Gasteiger partial charge in [0.05, 0.1) is 5.69 Å². The van der Waals surface area contributed by atoms with Crippen LogP contribution in [0.25, 0.3) is 11.3 Å². The largest absolute Gasteiger partial charge is 0.355 e. The molecular weight excluding hydrogens is 354 g/mol. The van der Waals surface area contributed by atoms with Crippen LogP contribution in [0.4, 0.5) is 5.82 Å². The highest BCUT2D eigenvalue weighted by molar-refractivity contribution is 5.93. The highest BCUT2D eigenvalue weighted by Gasteiger charge is 2.27. The van der Waals surface area contributed by atoms with Gasteiger partial charge in [0.1, 0.15) is 0 Å². The van der Waals surface area contributed by atoms with Gasteiger partial charge in [0.15, 0.2) is 17.3 Å². The number of rotatable bonds is 4. The van der Waals surface area contributed by atoms with Gasteiger partial charge in [-0.1, -0.05) is 35.5 Å². The summed E-state index contributed by atoms with van der Waals surface area (Å²) in [4.78, 5) is 16.8. The summed E-state index contributed by atoms with van der Waals surface area (Å²) < 4.78 is 5.36. The van der Waals surface area contributed by atoms with Gasteiger partial charge >= 0.3 is 0 Å². The molecule has 0 N–H and O–H groups in total. The molecule has 142 valence electrons. The summed E-state index contributed by atoms with van der Waals surface area (Å²) in [5.74, 6) is 2.00. The number of piperazine rings is 1. The SMILES string of the molecule is O=C(c1cc(-c2ccccc2)on1)N1CCN(c2ccc(C3CC3)nn2)CC1. The summed E-state index contributed by atoms with van der Waals surface area (Å²) in [5, 5.41) is 12.7. The number of anilines is 1. The van der Waals surface area contributed by atoms with E-state index in [0.29, 0.717) is 30.5 Å². The van der Waals surface area contributed by atoms with E-state index >= 15 is 0 Å². The van der Waals surface area contributed by atoms with Crippen LogP contribution in [0.2, 0.25) is 0 Å². The van der Waals surface area contributed by atoms with Crippen molar-refractivity contribution in [3.05, 3.63) is 59.9 Å². The third kappa shape index (κ3) is 3.35. The molecule has 1 aliphatic heterocycles. The molecular formula is C21H21N5O2. The van der Waals surface area contributed by atoms with E-state index in [1.165, 1.54) is 12.8 Å². The Labute approximate surface area is 163 Å². The first-order chi connectivity index (χ1) is 13.8. The van der Waals surface area contributed by atoms with Crippen molar-refractivity contribution in [1.29, 1.82) is 0 Å². The maximum Gasteiger partial charge on any atom is 0.276 e. The molecule has 0 unspecified atom stereocenters. The first kappa shape index (κ1) is 16.9. The molecule has 7 nitrogen and oxygen atoms in total. The smallest absolute Gasteiger partial charge is 0.276 e. The molecule has 1 saturated heterocycles. The molecule has 2 aromatic heterocycles. The molecule has 0 bridgehead atoms. The quantitative estimate of drug-likeness (QED) is 0.698. The Morgan fingerprint density at radius 2 is 1.75 bits per heavy atom. The highest BCUT2D eigenvalue weighted by Crippen LogP contribution is 2.38. The summed E-state index contributed by atoms with van der Waals surface area (Å²) in [5.41, 5.74) is 2.35. The lowest BCUT2D eigenvalue weighted by atomic mass is 10.1. The van der Waals surface area contributed by atoms with Crippen LogP contribution in [-0.2, 0) is 0 Å². The summed E-state index contributed by atoms with van der Waals surface area (Å²) in [6, 6.07) is 15.5. The molecule has 2 aliphatic rings. The minimum absolute atomic E-state index is 0.0965. The Kier molecular flexibility index (Phi) is 4.27. The van der Waals surface area contributed by atoms with Gasteiger partial charge in [-0.3, -0.25) is 4.79 Å². The Morgan fingerprint density at radius 3 is 2.43 bits per heavy atom. The Balaban J connectivity index is 1.21. The Bertz CT molecular complexity index is 958. The second-order valence-corrected chi connectivity index (χ2v) is 7.31. The van der Waals surface area contributed by atoms with Crippen LogP contribution in [0.3, 0.4) is 0 Å². The summed E-state index contributed by atoms with van der Waals surface area (Å²) in [6.07, 6.45) is 2.45. The number of hydrogen-bond donors (Lipinski definition) is 0. The fourth-order valence-electron chi connectivity index (χ4n) is 3.52. The maximum absolute atomic E-state index is 12.8. The van der Waals surface area contributed by atoms with Gasteiger partial charge in [-0.15, -0.1) is 5.10 Å². The molecule has 0 radical (unpaired) electrons. The van der Waals surface area contributed by atoms with Crippen LogP contribution >= 0.6 is 0 Å². The van der Waals surface area contributed by atoms with E-state index in [1.54, 1.807) is 6.07 Å². The topological polar surface area (TPSA) is 75.4 Å². The van der Waals surface area contributed by atoms with E-state index in [-0.39, 0.29) is 5.91 Å². The number of amides is 1. The van der Waals surface area contributed by atoms with Crippen molar-refractivity contribution in [3.8, 4) is 11.3 Å². The Morgan fingerprint density at radius 1 is 0.964 bits per heavy atom. The fourth-order valence-corrected chi connectivity index (χ4v) is 3.52. The van der Waals surface area contributed by atoms with Crippen LogP contribution in [0.1, 0.15) is 34.9 Å². The van der Waals surface area contributed by atoms with Crippen molar-refractivity contribution >= 4 is 11.7 Å². The maximum atomic E-state index is 12.8. The van der Waals surface area contributed by atoms with Crippen molar-refractivity contribution < 1.29 is 9.32 Å². The van der Waals surface area contributed by atoms with Crippen LogP contribution in [-0.4, -0.2) is 52.3 Å². The first-order valence-electron chi connectivity index (χ1n) is 9.68. The zero-order valence-corrected chi connectivity index (χ0v) is 15.5. The van der Waals surface area contributed by atoms with Gasteiger partial charge in [-0.2, -0.15) is 5.10 Å². The average Bonchev–Trinajstić information content (AvgIpc) is 3.50. The van der Waals surface area contributed by atoms with Gasteiger partial charge in [0, 0.05) is 43.7 Å². The minimum Gasteiger partial charge on any atom is -0.355 e. The zero-order valence-electron chi connectivity index (χ0n) is 15.5. The molecule has 5 rings (SSSR count). The molecule has 3 aromatic rings. The van der Waals surface area contributed by atoms with Gasteiger partial charge in [0.25, 0.3) is 5.91 Å². The summed E-state index contributed by atoms with van der Waals surface area (Å²) in [6.45, 7) is 2.70. The third-order valence-corrected chi connectivity index (χ3v) is 5.35. The van der Waals surface area contributed by atoms with E-state index in [9.17, 15) is 4.79 Å². The normalized spacial score (nSPS) is 17.0. The van der Waals surface area contributed by atoms with Gasteiger partial charge in [0.2, 0.25) is 0 Å². The Hall–Kier alpha value is -3.22. The molecule has 1 aromatic carbocycles. The molecule has 7 heteroatoms. The van der Waals surface area contributed by atoms with Crippen LogP contribution < -0.4 is 4.90 Å². The average molecular weight is 375 g/mol. The van der Waals surface area contributed by atoms with Crippen LogP contribution in [0.15, 0.2) is 53.1 Å². The second kappa shape index (κ2) is 7.07. The highest BCUT2D eigenvalue weighted by atomic mass is 16.5. The van der Waals surface area contributed by atoms with Crippen molar-refractivity contribution in [2.24, 2.45) is 0 Å². The number of benzene rings is 1. The lowest BCUT2D eigenvalue weighted by molar-refractivity contribution is 0.0736. The number of nitrogens with zero attached hydrogens (tertiary/aromatic N) is 5.